The SMILES string of the molecule is COC(=O)C(NC(=O)N1CCC(c2ccccc2)CC1)C1(OC)CSC1. The molecule has 1 N–H and O–H groups in total. The molecule has 6 nitrogen and oxygen atoms in total. The molecule has 2 fully saturated rings. The molecule has 3 rings (SSSR count). The van der Waals surface area contributed by atoms with Crippen LogP contribution in [0.3, 0.4) is 0 Å². The Kier molecular flexibility index (Phi) is 6.09. The Labute approximate surface area is 158 Å². The number of hydrogen-bond acceptors (Lipinski definition) is 5. The number of urea groups is 1. The van der Waals surface area contributed by atoms with Gasteiger partial charge in [-0.05, 0) is 24.3 Å². The lowest BCUT2D eigenvalue weighted by Gasteiger charge is -2.45. The first kappa shape index (κ1) is 19.0. The molecule has 2 saturated heterocycles. The number of ether oxygens (including phenoxy) is 2. The predicted octanol–water partition coefficient (Wildman–Crippen LogP) is 2.25. The standard InChI is InChI=1S/C19H26N2O4S/c1-24-17(22)16(19(25-2)12-26-13-19)20-18(23)21-10-8-15(9-11-21)14-6-4-3-5-7-14/h3-7,15-16H,8-13H2,1-2H3,(H,20,23). The molecular weight excluding hydrogens is 352 g/mol. The Morgan fingerprint density at radius 2 is 1.85 bits per heavy atom. The van der Waals surface area contributed by atoms with Gasteiger partial charge >= 0.3 is 12.0 Å². The molecule has 2 amide bonds. The number of nitrogens with zero attached hydrogens (tertiary/aromatic N) is 1. The van der Waals surface area contributed by atoms with Gasteiger partial charge in [0.15, 0.2) is 6.04 Å². The van der Waals surface area contributed by atoms with Crippen molar-refractivity contribution >= 4 is 23.8 Å². The summed E-state index contributed by atoms with van der Waals surface area (Å²) in [5.74, 6) is 1.35. The van der Waals surface area contributed by atoms with Gasteiger partial charge < -0.3 is 19.7 Å². The van der Waals surface area contributed by atoms with Crippen molar-refractivity contribution in [3.05, 3.63) is 35.9 Å². The fourth-order valence-electron chi connectivity index (χ4n) is 3.58. The number of likely N-dealkylation sites (tertiary alicyclic amines) is 1. The quantitative estimate of drug-likeness (QED) is 0.796. The van der Waals surface area contributed by atoms with E-state index in [1.165, 1.54) is 12.7 Å². The number of piperidine rings is 1. The van der Waals surface area contributed by atoms with Crippen molar-refractivity contribution in [1.29, 1.82) is 0 Å². The van der Waals surface area contributed by atoms with Crippen LogP contribution in [-0.2, 0) is 14.3 Å². The molecule has 142 valence electrons. The minimum Gasteiger partial charge on any atom is -0.467 e. The van der Waals surface area contributed by atoms with Crippen molar-refractivity contribution in [2.75, 3.05) is 38.8 Å². The van der Waals surface area contributed by atoms with Gasteiger partial charge in [0.05, 0.1) is 7.11 Å². The number of nitrogens with one attached hydrogen (secondary N) is 1. The number of carbonyl (C=O) groups is 2. The Hall–Kier alpha value is -1.73. The molecule has 2 aliphatic heterocycles. The highest BCUT2D eigenvalue weighted by atomic mass is 32.2. The molecule has 1 aromatic carbocycles. The maximum atomic E-state index is 12.7. The summed E-state index contributed by atoms with van der Waals surface area (Å²) in [6.07, 6.45) is 1.84. The van der Waals surface area contributed by atoms with Crippen LogP contribution in [0.5, 0.6) is 0 Å². The van der Waals surface area contributed by atoms with Gasteiger partial charge in [-0.3, -0.25) is 0 Å². The molecule has 0 saturated carbocycles. The molecule has 0 bridgehead atoms. The van der Waals surface area contributed by atoms with E-state index < -0.39 is 17.6 Å². The van der Waals surface area contributed by atoms with Gasteiger partial charge in [-0.2, -0.15) is 11.8 Å². The Bertz CT molecular complexity index is 622. The van der Waals surface area contributed by atoms with E-state index in [2.05, 4.69) is 29.6 Å². The minimum atomic E-state index is -0.780. The predicted molar refractivity (Wildman–Crippen MR) is 101 cm³/mol. The first-order valence-electron chi connectivity index (χ1n) is 8.91. The Balaban J connectivity index is 1.59. The number of benzene rings is 1. The molecule has 0 radical (unpaired) electrons. The highest BCUT2D eigenvalue weighted by Crippen LogP contribution is 2.36. The molecule has 1 aromatic rings. The van der Waals surface area contributed by atoms with E-state index in [0.717, 1.165) is 12.8 Å². The number of thioether (sulfide) groups is 1. The van der Waals surface area contributed by atoms with E-state index in [1.807, 2.05) is 6.07 Å². The highest BCUT2D eigenvalue weighted by Gasteiger charge is 2.51. The van der Waals surface area contributed by atoms with E-state index in [0.29, 0.717) is 30.5 Å². The maximum Gasteiger partial charge on any atom is 0.331 e. The van der Waals surface area contributed by atoms with Crippen LogP contribution in [0.25, 0.3) is 0 Å². The van der Waals surface area contributed by atoms with Gasteiger partial charge in [0.1, 0.15) is 5.60 Å². The van der Waals surface area contributed by atoms with Crippen molar-refractivity contribution in [3.63, 3.8) is 0 Å². The van der Waals surface area contributed by atoms with Crippen LogP contribution in [0.15, 0.2) is 30.3 Å². The lowest BCUT2D eigenvalue weighted by atomic mass is 9.89. The van der Waals surface area contributed by atoms with Crippen LogP contribution < -0.4 is 5.32 Å². The second-order valence-electron chi connectivity index (χ2n) is 6.84. The van der Waals surface area contributed by atoms with Crippen molar-refractivity contribution in [1.82, 2.24) is 10.2 Å². The number of hydrogen-bond donors (Lipinski definition) is 1. The summed E-state index contributed by atoms with van der Waals surface area (Å²) in [5.41, 5.74) is 0.653. The number of rotatable bonds is 5. The fraction of sp³-hybridized carbons (Fsp3) is 0.579. The first-order chi connectivity index (χ1) is 12.6. The average Bonchev–Trinajstić information content (AvgIpc) is 2.67. The van der Waals surface area contributed by atoms with Crippen LogP contribution in [-0.4, -0.2) is 67.4 Å². The zero-order valence-electron chi connectivity index (χ0n) is 15.3. The highest BCUT2D eigenvalue weighted by molar-refractivity contribution is 8.00. The number of amides is 2. The van der Waals surface area contributed by atoms with Gasteiger partial charge in [-0.1, -0.05) is 30.3 Å². The molecule has 0 aromatic heterocycles. The summed E-state index contributed by atoms with van der Waals surface area (Å²) in [4.78, 5) is 26.7. The van der Waals surface area contributed by atoms with Crippen molar-refractivity contribution in [3.8, 4) is 0 Å². The molecule has 2 heterocycles. The van der Waals surface area contributed by atoms with Crippen LogP contribution in [0.2, 0.25) is 0 Å². The smallest absolute Gasteiger partial charge is 0.331 e. The summed E-state index contributed by atoms with van der Waals surface area (Å²) in [7, 11) is 2.91. The Morgan fingerprint density at radius 1 is 1.19 bits per heavy atom. The third-order valence-corrected chi connectivity index (χ3v) is 6.77. The first-order valence-corrected chi connectivity index (χ1v) is 10.1. The third kappa shape index (κ3) is 3.83. The van der Waals surface area contributed by atoms with Crippen molar-refractivity contribution < 1.29 is 19.1 Å². The van der Waals surface area contributed by atoms with Crippen LogP contribution in [0.4, 0.5) is 4.79 Å². The molecule has 7 heteroatoms. The van der Waals surface area contributed by atoms with Crippen LogP contribution >= 0.6 is 11.8 Å². The van der Waals surface area contributed by atoms with Crippen molar-refractivity contribution in [2.24, 2.45) is 0 Å². The molecule has 0 aliphatic carbocycles. The Morgan fingerprint density at radius 3 is 2.35 bits per heavy atom. The summed E-state index contributed by atoms with van der Waals surface area (Å²) < 4.78 is 10.5. The van der Waals surface area contributed by atoms with Gasteiger partial charge in [0, 0.05) is 31.7 Å². The lowest BCUT2D eigenvalue weighted by molar-refractivity contribution is -0.150. The molecule has 1 atom stereocenters. The van der Waals surface area contributed by atoms with E-state index in [-0.39, 0.29) is 6.03 Å². The molecule has 26 heavy (non-hydrogen) atoms. The van der Waals surface area contributed by atoms with E-state index in [9.17, 15) is 9.59 Å². The molecule has 1 unspecified atom stereocenters. The number of carbonyl (C=O) groups excluding carboxylic acids is 2. The van der Waals surface area contributed by atoms with Gasteiger partial charge in [-0.15, -0.1) is 0 Å². The number of methoxy groups -OCH3 is 2. The maximum absolute atomic E-state index is 12.7. The summed E-state index contributed by atoms with van der Waals surface area (Å²) in [6.45, 7) is 1.35. The van der Waals surface area contributed by atoms with E-state index >= 15 is 0 Å². The number of esters is 1. The van der Waals surface area contributed by atoms with Crippen molar-refractivity contribution in [2.45, 2.75) is 30.4 Å². The normalized spacial score (nSPS) is 20.8. The van der Waals surface area contributed by atoms with E-state index in [1.54, 1.807) is 23.8 Å². The zero-order chi connectivity index (χ0) is 18.6. The van der Waals surface area contributed by atoms with Crippen LogP contribution in [0, 0.1) is 0 Å². The second kappa shape index (κ2) is 8.31. The topological polar surface area (TPSA) is 67.9 Å². The largest absolute Gasteiger partial charge is 0.467 e. The molecule has 2 aliphatic rings. The average molecular weight is 378 g/mol. The second-order valence-corrected chi connectivity index (χ2v) is 7.82. The summed E-state index contributed by atoms with van der Waals surface area (Å²) in [6, 6.07) is 9.41. The molecule has 0 spiro atoms. The third-order valence-electron chi connectivity index (χ3n) is 5.38. The van der Waals surface area contributed by atoms with Gasteiger partial charge in [-0.25, -0.2) is 9.59 Å². The van der Waals surface area contributed by atoms with Gasteiger partial charge in [0.25, 0.3) is 0 Å². The monoisotopic (exact) mass is 378 g/mol. The lowest BCUT2D eigenvalue weighted by Crippen LogP contribution is -2.66. The van der Waals surface area contributed by atoms with Gasteiger partial charge in [0.2, 0.25) is 0 Å². The minimum absolute atomic E-state index is 0.222. The zero-order valence-corrected chi connectivity index (χ0v) is 16.1. The van der Waals surface area contributed by atoms with E-state index in [4.69, 9.17) is 9.47 Å². The van der Waals surface area contributed by atoms with Crippen LogP contribution in [0.1, 0.15) is 24.3 Å². The fourth-order valence-corrected chi connectivity index (χ4v) is 4.76. The summed E-state index contributed by atoms with van der Waals surface area (Å²) in [5, 5.41) is 2.86. The summed E-state index contributed by atoms with van der Waals surface area (Å²) >= 11 is 1.69. The molecular formula is C19H26N2O4S.